The van der Waals surface area contributed by atoms with Crippen LogP contribution in [0.1, 0.15) is 49.9 Å². The lowest BCUT2D eigenvalue weighted by Gasteiger charge is -2.28. The second-order valence-electron chi connectivity index (χ2n) is 24.9. The van der Waals surface area contributed by atoms with Crippen molar-refractivity contribution in [3.63, 3.8) is 0 Å². The fraction of sp³-hybridized carbons (Fsp3) is 0.0698. The molecule has 2 heterocycles. The van der Waals surface area contributed by atoms with Crippen LogP contribution in [-0.2, 0) is 10.8 Å². The molecule has 1 N–H and O–H groups in total. The number of furan rings is 2. The van der Waals surface area contributed by atoms with Crippen molar-refractivity contribution in [2.45, 2.75) is 38.5 Å². The highest BCUT2D eigenvalue weighted by Gasteiger charge is 2.40. The first-order valence-electron chi connectivity index (χ1n) is 31.2. The highest BCUT2D eigenvalue weighted by molar-refractivity contribution is 6.31. The average molecular weight is 1190 g/mol. The summed E-state index contributed by atoms with van der Waals surface area (Å²) >= 11 is 6.25. The van der Waals surface area contributed by atoms with Crippen LogP contribution in [0.2, 0.25) is 5.02 Å². The van der Waals surface area contributed by atoms with Crippen LogP contribution in [0.3, 0.4) is 0 Å². The maximum Gasteiger partial charge on any atom is 0.143 e. The standard InChI is InChI=1S/C43H31NO.C22H17N.C21H15ClO/c1-43(2)38-26-25-36-35-16-8-9-18-40(35)45-42(36)41(38)37-24-23-32(27-39(37)43)44(30-13-4-3-5-14-30)31-21-19-29(20-22-31)34-17-10-12-28-11-6-7-15-33(28)34;1-2-9-19(10-3-1)23-20-15-13-18(14-16-20)22-12-6-8-17-7-4-5-11-21(17)22;1-21(2)16-10-9-14-13-5-3-4-6-18(13)23-20(14)19(16)15-8-7-12(22)11-17(15)21/h3-27H,1-2H3;1-16,23H;3-11H,1-2H3. The number of rotatable bonds is 7. The van der Waals surface area contributed by atoms with Crippen LogP contribution in [0, 0.1) is 0 Å². The quantitative estimate of drug-likeness (QED) is 0.173. The van der Waals surface area contributed by atoms with E-state index in [0.29, 0.717) is 0 Å². The van der Waals surface area contributed by atoms with Gasteiger partial charge in [0.2, 0.25) is 0 Å². The summed E-state index contributed by atoms with van der Waals surface area (Å²) in [7, 11) is 0. The van der Waals surface area contributed by atoms with Crippen molar-refractivity contribution < 1.29 is 8.83 Å². The minimum absolute atomic E-state index is 0.0667. The van der Waals surface area contributed by atoms with E-state index in [0.717, 1.165) is 55.8 Å². The Morgan fingerprint density at radius 1 is 0.308 bits per heavy atom. The molecule has 2 aliphatic rings. The third-order valence-corrected chi connectivity index (χ3v) is 19.1. The molecule has 4 nitrogen and oxygen atoms in total. The minimum Gasteiger partial charge on any atom is -0.455 e. The third kappa shape index (κ3) is 9.62. The van der Waals surface area contributed by atoms with Crippen LogP contribution < -0.4 is 10.2 Å². The molecule has 0 unspecified atom stereocenters. The number of halogens is 1. The van der Waals surface area contributed by atoms with Gasteiger partial charge in [-0.25, -0.2) is 0 Å². The molecule has 2 aromatic heterocycles. The van der Waals surface area contributed by atoms with Crippen molar-refractivity contribution in [1.29, 1.82) is 0 Å². The first-order valence-corrected chi connectivity index (χ1v) is 31.6. The number of benzene rings is 14. The van der Waals surface area contributed by atoms with Crippen molar-refractivity contribution in [3.05, 3.63) is 331 Å². The van der Waals surface area contributed by atoms with Crippen molar-refractivity contribution in [3.8, 4) is 44.5 Å². The molecule has 5 heteroatoms. The Balaban J connectivity index is 0.000000120. The maximum atomic E-state index is 6.53. The lowest BCUT2D eigenvalue weighted by Crippen LogP contribution is -2.16. The summed E-state index contributed by atoms with van der Waals surface area (Å²) in [6.45, 7) is 9.18. The lowest BCUT2D eigenvalue weighted by molar-refractivity contribution is 0.653. The summed E-state index contributed by atoms with van der Waals surface area (Å²) in [5.74, 6) is 0. The monoisotopic (exact) mass is 1190 g/mol. The van der Waals surface area contributed by atoms with Gasteiger partial charge in [-0.3, -0.25) is 0 Å². The van der Waals surface area contributed by atoms with Gasteiger partial charge in [-0.15, -0.1) is 0 Å². The molecule has 2 aliphatic carbocycles. The van der Waals surface area contributed by atoms with Gasteiger partial charge in [-0.05, 0) is 162 Å². The molecular formula is C86H63ClN2O2. The van der Waals surface area contributed by atoms with Crippen LogP contribution >= 0.6 is 11.6 Å². The fourth-order valence-corrected chi connectivity index (χ4v) is 14.5. The lowest BCUT2D eigenvalue weighted by atomic mass is 9.82. The van der Waals surface area contributed by atoms with Gasteiger partial charge in [0.1, 0.15) is 22.3 Å². The molecule has 0 saturated carbocycles. The van der Waals surface area contributed by atoms with E-state index in [4.69, 9.17) is 20.4 Å². The molecule has 0 saturated heterocycles. The van der Waals surface area contributed by atoms with E-state index in [9.17, 15) is 0 Å². The zero-order valence-corrected chi connectivity index (χ0v) is 51.8. The second kappa shape index (κ2) is 22.3. The third-order valence-electron chi connectivity index (χ3n) is 18.9. The van der Waals surface area contributed by atoms with Crippen LogP contribution in [-0.4, -0.2) is 0 Å². The van der Waals surface area contributed by atoms with E-state index in [1.807, 2.05) is 42.5 Å². The maximum absolute atomic E-state index is 6.53. The van der Waals surface area contributed by atoms with E-state index in [-0.39, 0.29) is 10.8 Å². The van der Waals surface area contributed by atoms with Gasteiger partial charge < -0.3 is 19.1 Å². The van der Waals surface area contributed by atoms with Gasteiger partial charge in [0.05, 0.1) is 0 Å². The number of para-hydroxylation sites is 4. The molecule has 0 amide bonds. The summed E-state index contributed by atoms with van der Waals surface area (Å²) in [6.07, 6.45) is 0. The summed E-state index contributed by atoms with van der Waals surface area (Å²) < 4.78 is 12.8. The Morgan fingerprint density at radius 2 is 0.725 bits per heavy atom. The molecule has 0 radical (unpaired) electrons. The Labute approximate surface area is 534 Å². The fourth-order valence-electron chi connectivity index (χ4n) is 14.3. The molecule has 0 bridgehead atoms. The molecule has 436 valence electrons. The largest absolute Gasteiger partial charge is 0.455 e. The van der Waals surface area contributed by atoms with E-state index < -0.39 is 0 Å². The van der Waals surface area contributed by atoms with E-state index in [2.05, 4.69) is 299 Å². The molecule has 0 spiro atoms. The Kier molecular flexibility index (Phi) is 13.6. The number of fused-ring (bicyclic) bond motifs is 16. The van der Waals surface area contributed by atoms with Crippen molar-refractivity contribution >= 4 is 105 Å². The van der Waals surface area contributed by atoms with E-state index >= 15 is 0 Å². The Bertz CT molecular complexity index is 5440. The van der Waals surface area contributed by atoms with Crippen molar-refractivity contribution in [2.75, 3.05) is 10.2 Å². The van der Waals surface area contributed by atoms with Crippen LogP contribution in [0.4, 0.5) is 28.4 Å². The highest BCUT2D eigenvalue weighted by atomic mass is 35.5. The molecule has 14 aromatic carbocycles. The minimum atomic E-state index is -0.172. The average Bonchev–Trinajstić information content (AvgIpc) is 1.57. The van der Waals surface area contributed by atoms with Crippen LogP contribution in [0.15, 0.2) is 312 Å². The van der Waals surface area contributed by atoms with E-state index in [1.165, 1.54) is 110 Å². The molecule has 16 aromatic rings. The number of nitrogens with one attached hydrogen (secondary N) is 1. The predicted molar refractivity (Wildman–Crippen MR) is 384 cm³/mol. The molecule has 91 heavy (non-hydrogen) atoms. The number of hydrogen-bond donors (Lipinski definition) is 1. The highest BCUT2D eigenvalue weighted by Crippen LogP contribution is 2.55. The zero-order chi connectivity index (χ0) is 61.4. The SMILES string of the molecule is CC1(C)c2cc(Cl)ccc2-c2c1ccc1c2oc2ccccc21.CC1(C)c2cc(N(c3ccccc3)c3ccc(-c4cccc5ccccc45)cc3)ccc2-c2c1ccc1c2oc2ccccc21.c1ccc(Nc2ccc(-c3cccc4ccccc34)cc2)cc1. The van der Waals surface area contributed by atoms with Crippen molar-refractivity contribution in [2.24, 2.45) is 0 Å². The summed E-state index contributed by atoms with van der Waals surface area (Å²) in [4.78, 5) is 2.36. The van der Waals surface area contributed by atoms with Gasteiger partial charge >= 0.3 is 0 Å². The Morgan fingerprint density at radius 3 is 1.27 bits per heavy atom. The first kappa shape index (κ1) is 55.4. The van der Waals surface area contributed by atoms with Gasteiger partial charge in [0.25, 0.3) is 0 Å². The van der Waals surface area contributed by atoms with Crippen molar-refractivity contribution in [1.82, 2.24) is 0 Å². The van der Waals surface area contributed by atoms with Gasteiger partial charge in [0.15, 0.2) is 0 Å². The van der Waals surface area contributed by atoms with Crippen LogP contribution in [0.25, 0.3) is 110 Å². The van der Waals surface area contributed by atoms with Crippen LogP contribution in [0.5, 0.6) is 0 Å². The number of anilines is 5. The van der Waals surface area contributed by atoms with E-state index in [1.54, 1.807) is 0 Å². The zero-order valence-electron chi connectivity index (χ0n) is 51.0. The van der Waals surface area contributed by atoms with Gasteiger partial charge in [-0.1, -0.05) is 258 Å². The Hall–Kier alpha value is -10.9. The second-order valence-corrected chi connectivity index (χ2v) is 25.4. The van der Waals surface area contributed by atoms with Gasteiger partial charge in [-0.2, -0.15) is 0 Å². The van der Waals surface area contributed by atoms with Gasteiger partial charge in [0, 0.05) is 77.0 Å². The number of nitrogens with zero attached hydrogens (tertiary/aromatic N) is 1. The molecule has 0 atom stereocenters. The molecular weight excluding hydrogens is 1130 g/mol. The smallest absolute Gasteiger partial charge is 0.143 e. The normalized spacial score (nSPS) is 13.1. The summed E-state index contributed by atoms with van der Waals surface area (Å²) in [5, 5.41) is 14.0. The number of hydrogen-bond acceptors (Lipinski definition) is 4. The molecule has 0 fully saturated rings. The molecule has 0 aliphatic heterocycles. The molecule has 18 rings (SSSR count). The summed E-state index contributed by atoms with van der Waals surface area (Å²) in [5.41, 5.74) is 24.3. The first-order chi connectivity index (χ1) is 44.5. The predicted octanol–water partition coefficient (Wildman–Crippen LogP) is 25.0. The topological polar surface area (TPSA) is 41.6 Å². The summed E-state index contributed by atoms with van der Waals surface area (Å²) in [6, 6.07) is 107.